The highest BCUT2D eigenvalue weighted by Gasteiger charge is 2.40. The van der Waals surface area contributed by atoms with Crippen LogP contribution in [0.5, 0.6) is 0 Å². The van der Waals surface area contributed by atoms with Crippen molar-refractivity contribution in [2.75, 3.05) is 11.9 Å². The van der Waals surface area contributed by atoms with Gasteiger partial charge in [0.25, 0.3) is 5.91 Å². The Bertz CT molecular complexity index is 1360. The molecule has 0 spiro atoms. The molecule has 0 aliphatic rings. The Morgan fingerprint density at radius 1 is 0.872 bits per heavy atom. The quantitative estimate of drug-likeness (QED) is 0.181. The number of rotatable bonds is 9. The lowest BCUT2D eigenvalue weighted by molar-refractivity contribution is -0.125. The lowest BCUT2D eigenvalue weighted by atomic mass is 9.80. The molecule has 3 amide bonds. The Labute approximate surface area is 228 Å². The maximum Gasteiger partial charge on any atom is 0.413 e. The van der Waals surface area contributed by atoms with Crippen molar-refractivity contribution < 1.29 is 24.0 Å². The molecule has 1 aromatic heterocycles. The summed E-state index contributed by atoms with van der Waals surface area (Å²) in [7, 11) is 0. The summed E-state index contributed by atoms with van der Waals surface area (Å²) >= 11 is 0.816. The van der Waals surface area contributed by atoms with E-state index in [0.717, 1.165) is 28.2 Å². The van der Waals surface area contributed by atoms with Crippen molar-refractivity contribution in [2.45, 2.75) is 19.4 Å². The van der Waals surface area contributed by atoms with Gasteiger partial charge in [-0.15, -0.1) is 0 Å². The number of imide groups is 1. The Hall–Kier alpha value is -4.90. The van der Waals surface area contributed by atoms with Crippen LogP contribution >= 0.6 is 11.5 Å². The van der Waals surface area contributed by atoms with Crippen LogP contribution < -0.4 is 10.6 Å². The predicted octanol–water partition coefficient (Wildman–Crippen LogP) is 4.48. The molecule has 198 valence electrons. The van der Waals surface area contributed by atoms with E-state index in [4.69, 9.17) is 9.57 Å². The van der Waals surface area contributed by atoms with Crippen molar-refractivity contribution >= 4 is 40.3 Å². The van der Waals surface area contributed by atoms with Gasteiger partial charge >= 0.3 is 6.09 Å². The van der Waals surface area contributed by atoms with Crippen molar-refractivity contribution in [1.29, 1.82) is 0 Å². The van der Waals surface area contributed by atoms with Gasteiger partial charge in [-0.2, -0.15) is 9.36 Å². The summed E-state index contributed by atoms with van der Waals surface area (Å²) in [6, 6.07) is 28.3. The number of ether oxygens (including phenoxy) is 1. The highest BCUT2D eigenvalue weighted by molar-refractivity contribution is 7.10. The smallest absolute Gasteiger partial charge is 0.413 e. The highest BCUT2D eigenvalue weighted by atomic mass is 32.1. The summed E-state index contributed by atoms with van der Waals surface area (Å²) < 4.78 is 9.02. The van der Waals surface area contributed by atoms with E-state index in [1.54, 1.807) is 6.92 Å². The molecule has 10 nitrogen and oxygen atoms in total. The number of nitrogens with zero attached hydrogens (tertiary/aromatic N) is 3. The van der Waals surface area contributed by atoms with Crippen LogP contribution in [-0.2, 0) is 24.8 Å². The van der Waals surface area contributed by atoms with E-state index in [-0.39, 0.29) is 23.3 Å². The number of amides is 3. The van der Waals surface area contributed by atoms with Crippen LogP contribution in [0.2, 0.25) is 0 Å². The Kier molecular flexibility index (Phi) is 8.75. The summed E-state index contributed by atoms with van der Waals surface area (Å²) in [4.78, 5) is 47.2. The van der Waals surface area contributed by atoms with Gasteiger partial charge in [-0.1, -0.05) is 96.2 Å². The fourth-order valence-electron chi connectivity index (χ4n) is 3.82. The molecule has 1 heterocycles. The Balaban J connectivity index is 1.86. The molecule has 0 atom stereocenters. The summed E-state index contributed by atoms with van der Waals surface area (Å²) in [5, 5.41) is 8.97. The van der Waals surface area contributed by atoms with E-state index < -0.39 is 23.5 Å². The minimum atomic E-state index is -1.28. The first-order chi connectivity index (χ1) is 18.9. The first kappa shape index (κ1) is 27.1. The number of anilines is 1. The largest absolute Gasteiger partial charge is 0.450 e. The molecule has 11 heteroatoms. The molecule has 0 saturated heterocycles. The average molecular weight is 544 g/mol. The van der Waals surface area contributed by atoms with Crippen LogP contribution in [0, 0.1) is 0 Å². The summed E-state index contributed by atoms with van der Waals surface area (Å²) in [5.74, 6) is -1.62. The second-order valence-corrected chi connectivity index (χ2v) is 8.84. The van der Waals surface area contributed by atoms with Gasteiger partial charge in [0, 0.05) is 35.1 Å². The molecule has 0 aliphatic heterocycles. The molecule has 0 unspecified atom stereocenters. The number of carbonyl (C=O) groups is 3. The van der Waals surface area contributed by atoms with Crippen molar-refractivity contribution in [3.05, 3.63) is 114 Å². The summed E-state index contributed by atoms with van der Waals surface area (Å²) in [6.45, 7) is 3.03. The SMILES string of the molecule is CCOC(=O)Nc1nc(/C(=N/OC(c2ccccc2)(c2ccccc2)c2ccccc2)C(=O)NC(C)=O)ns1. The van der Waals surface area contributed by atoms with Crippen LogP contribution in [-0.4, -0.2) is 39.6 Å². The third-order valence-corrected chi connectivity index (χ3v) is 6.07. The lowest BCUT2D eigenvalue weighted by Crippen LogP contribution is -2.37. The van der Waals surface area contributed by atoms with Gasteiger partial charge in [0.1, 0.15) is 0 Å². The van der Waals surface area contributed by atoms with Gasteiger partial charge in [-0.05, 0) is 6.92 Å². The monoisotopic (exact) mass is 543 g/mol. The fraction of sp³-hybridized carbons (Fsp3) is 0.143. The van der Waals surface area contributed by atoms with Crippen LogP contribution in [0.3, 0.4) is 0 Å². The van der Waals surface area contributed by atoms with Gasteiger partial charge in [0.15, 0.2) is 0 Å². The van der Waals surface area contributed by atoms with Gasteiger partial charge in [-0.3, -0.25) is 20.2 Å². The summed E-state index contributed by atoms with van der Waals surface area (Å²) in [6.07, 6.45) is -0.723. The Morgan fingerprint density at radius 3 is 1.85 bits per heavy atom. The van der Waals surface area contributed by atoms with Gasteiger partial charge in [-0.25, -0.2) is 4.79 Å². The molecule has 0 aliphatic carbocycles. The first-order valence-corrected chi connectivity index (χ1v) is 12.7. The van der Waals surface area contributed by atoms with Gasteiger partial charge < -0.3 is 9.57 Å². The number of carbonyl (C=O) groups excluding carboxylic acids is 3. The molecular formula is C28H25N5O5S. The van der Waals surface area contributed by atoms with E-state index in [2.05, 4.69) is 25.1 Å². The Morgan fingerprint density at radius 2 is 1.38 bits per heavy atom. The second-order valence-electron chi connectivity index (χ2n) is 8.09. The summed E-state index contributed by atoms with van der Waals surface area (Å²) in [5.41, 5.74) is 0.591. The number of benzene rings is 3. The standard InChI is InChI=1S/C28H25N5O5S/c1-3-37-27(36)31-26-30-24(33-39-26)23(25(35)29-19(2)34)32-38-28(20-13-7-4-8-14-20,21-15-9-5-10-16-21)22-17-11-6-12-18-22/h4-18H,3H2,1-2H3,(H,29,34,35)(H,30,31,33,36)/b32-23-. The number of aromatic nitrogens is 2. The highest BCUT2D eigenvalue weighted by Crippen LogP contribution is 2.40. The molecule has 4 aromatic rings. The number of oxime groups is 1. The average Bonchev–Trinajstić information content (AvgIpc) is 3.40. The van der Waals surface area contributed by atoms with Crippen molar-refractivity contribution in [3.8, 4) is 0 Å². The molecule has 39 heavy (non-hydrogen) atoms. The maximum absolute atomic E-state index is 13.1. The molecule has 2 N–H and O–H groups in total. The zero-order valence-corrected chi connectivity index (χ0v) is 22.0. The molecule has 0 bridgehead atoms. The van der Waals surface area contributed by atoms with Crippen LogP contribution in [0.15, 0.2) is 96.2 Å². The van der Waals surface area contributed by atoms with Crippen LogP contribution in [0.4, 0.5) is 9.93 Å². The van der Waals surface area contributed by atoms with Gasteiger partial charge in [0.05, 0.1) is 6.61 Å². The van der Waals surface area contributed by atoms with Crippen LogP contribution in [0.1, 0.15) is 36.4 Å². The number of hydrogen-bond donors (Lipinski definition) is 2. The van der Waals surface area contributed by atoms with Crippen LogP contribution in [0.25, 0.3) is 0 Å². The minimum Gasteiger partial charge on any atom is -0.450 e. The van der Waals surface area contributed by atoms with E-state index in [1.165, 1.54) is 6.92 Å². The number of hydrogen-bond acceptors (Lipinski definition) is 9. The fourth-order valence-corrected chi connectivity index (χ4v) is 4.38. The maximum atomic E-state index is 13.1. The molecular weight excluding hydrogens is 518 g/mol. The van der Waals surface area contributed by atoms with E-state index in [0.29, 0.717) is 0 Å². The van der Waals surface area contributed by atoms with Crippen molar-refractivity contribution in [1.82, 2.24) is 14.7 Å². The molecule has 0 fully saturated rings. The third kappa shape index (κ3) is 6.33. The topological polar surface area (TPSA) is 132 Å². The second kappa shape index (κ2) is 12.6. The third-order valence-electron chi connectivity index (χ3n) is 5.44. The van der Waals surface area contributed by atoms with E-state index in [1.807, 2.05) is 91.0 Å². The lowest BCUT2D eigenvalue weighted by Gasteiger charge is -2.33. The van der Waals surface area contributed by atoms with Gasteiger partial charge in [0.2, 0.25) is 28.2 Å². The minimum absolute atomic E-state index is 0.0761. The van der Waals surface area contributed by atoms with Crippen molar-refractivity contribution in [3.63, 3.8) is 0 Å². The normalized spacial score (nSPS) is 11.4. The first-order valence-electron chi connectivity index (χ1n) is 12.0. The molecule has 0 saturated carbocycles. The van der Waals surface area contributed by atoms with Crippen molar-refractivity contribution in [2.24, 2.45) is 5.16 Å². The molecule has 4 rings (SSSR count). The number of nitrogens with one attached hydrogen (secondary N) is 2. The van der Waals surface area contributed by atoms with E-state index in [9.17, 15) is 14.4 Å². The zero-order valence-electron chi connectivity index (χ0n) is 21.2. The zero-order chi connectivity index (χ0) is 27.7. The molecule has 3 aromatic carbocycles. The predicted molar refractivity (Wildman–Crippen MR) is 146 cm³/mol. The van der Waals surface area contributed by atoms with E-state index >= 15 is 0 Å². The molecule has 0 radical (unpaired) electrons.